The van der Waals surface area contributed by atoms with Crippen LogP contribution in [0.5, 0.6) is 0 Å². The number of fused-ring (bicyclic) bond motifs is 1. The molecule has 0 aromatic carbocycles. The summed E-state index contributed by atoms with van der Waals surface area (Å²) in [6.07, 6.45) is 10.6. The van der Waals surface area contributed by atoms with Gasteiger partial charge < -0.3 is 0 Å². The summed E-state index contributed by atoms with van der Waals surface area (Å²) in [7, 11) is -3.23. The Hall–Kier alpha value is -1.90. The Morgan fingerprint density at radius 2 is 2.00 bits per heavy atom. The minimum absolute atomic E-state index is 0.0911. The van der Waals surface area contributed by atoms with Crippen molar-refractivity contribution >= 4 is 27.2 Å². The van der Waals surface area contributed by atoms with Crippen LogP contribution in [0.1, 0.15) is 61.3 Å². The lowest BCUT2D eigenvalue weighted by Crippen LogP contribution is -2.45. The molecule has 0 radical (unpaired) electrons. The van der Waals surface area contributed by atoms with Gasteiger partial charge in [0.05, 0.1) is 27.9 Å². The van der Waals surface area contributed by atoms with E-state index >= 15 is 0 Å². The van der Waals surface area contributed by atoms with E-state index < -0.39 is 15.8 Å². The Balaban J connectivity index is 1.35. The Morgan fingerprint density at radius 1 is 1.16 bits per heavy atom. The zero-order chi connectivity index (χ0) is 21.6. The van der Waals surface area contributed by atoms with Gasteiger partial charge >= 0.3 is 0 Å². The van der Waals surface area contributed by atoms with E-state index in [0.717, 1.165) is 48.9 Å². The summed E-state index contributed by atoms with van der Waals surface area (Å²) >= 11 is 6.10. The summed E-state index contributed by atoms with van der Waals surface area (Å²) in [6.45, 7) is 0.568. The van der Waals surface area contributed by atoms with Crippen LogP contribution in [0.15, 0.2) is 24.5 Å². The van der Waals surface area contributed by atoms with Gasteiger partial charge in [0.1, 0.15) is 0 Å². The van der Waals surface area contributed by atoms with E-state index in [9.17, 15) is 12.8 Å². The lowest BCUT2D eigenvalue weighted by atomic mass is 9.99. The zero-order valence-corrected chi connectivity index (χ0v) is 18.7. The molecular weight excluding hydrogens is 439 g/mol. The number of piperidine rings is 1. The standard InChI is InChI=1S/C22H24ClFN4O2S/c23-14-11-18-17(7-9-20(18)25-12-14)22-26-13-19(24)21(27-22)8-4-15-3-1-2-10-28(15)31(29,30)16-5-6-16/h7,11-13,15-16H,1-6,8-10H2/t15-/m0/s1. The van der Waals surface area contributed by atoms with Crippen molar-refractivity contribution in [2.75, 3.05) is 6.54 Å². The van der Waals surface area contributed by atoms with Gasteiger partial charge in [-0.1, -0.05) is 24.1 Å². The van der Waals surface area contributed by atoms with Crippen molar-refractivity contribution in [1.29, 1.82) is 0 Å². The fraction of sp³-hybridized carbons (Fsp3) is 0.500. The van der Waals surface area contributed by atoms with Gasteiger partial charge in [-0.25, -0.2) is 22.8 Å². The van der Waals surface area contributed by atoms with Crippen molar-refractivity contribution < 1.29 is 12.8 Å². The molecule has 6 nitrogen and oxygen atoms in total. The molecule has 2 aliphatic carbocycles. The molecular formula is C22H24ClFN4O2S. The average molecular weight is 463 g/mol. The van der Waals surface area contributed by atoms with Crippen molar-refractivity contribution in [3.8, 4) is 0 Å². The van der Waals surface area contributed by atoms with Crippen LogP contribution in [-0.2, 0) is 22.9 Å². The Bertz CT molecular complexity index is 1150. The van der Waals surface area contributed by atoms with Gasteiger partial charge in [0.25, 0.3) is 0 Å². The molecule has 164 valence electrons. The maximum Gasteiger partial charge on any atom is 0.217 e. The number of aryl methyl sites for hydroxylation is 1. The lowest BCUT2D eigenvalue weighted by molar-refractivity contribution is 0.239. The number of sulfonamides is 1. The first-order chi connectivity index (χ1) is 14.9. The molecule has 2 aromatic heterocycles. The SMILES string of the molecule is O=S(=O)(C1CC1)N1CCCC[C@H]1CCc1nc(C2=CCc3ncc(Cl)cc32)ncc1F. The van der Waals surface area contributed by atoms with Crippen LogP contribution in [0.3, 0.4) is 0 Å². The first kappa shape index (κ1) is 21.0. The Labute approximate surface area is 186 Å². The normalized spacial score (nSPS) is 21.7. The van der Waals surface area contributed by atoms with Gasteiger partial charge in [-0.2, -0.15) is 4.31 Å². The number of aromatic nitrogens is 3. The van der Waals surface area contributed by atoms with E-state index in [1.54, 1.807) is 10.5 Å². The summed E-state index contributed by atoms with van der Waals surface area (Å²) in [5.41, 5.74) is 2.90. The summed E-state index contributed by atoms with van der Waals surface area (Å²) in [6, 6.07) is 1.74. The molecule has 1 atom stereocenters. The molecule has 0 bridgehead atoms. The number of hydrogen-bond donors (Lipinski definition) is 0. The third-order valence-electron chi connectivity index (χ3n) is 6.34. The van der Waals surface area contributed by atoms with Gasteiger partial charge in [0.2, 0.25) is 10.0 Å². The second kappa shape index (κ2) is 8.22. The van der Waals surface area contributed by atoms with Crippen molar-refractivity contribution in [2.24, 2.45) is 0 Å². The summed E-state index contributed by atoms with van der Waals surface area (Å²) in [5, 5.41) is 0.313. The maximum atomic E-state index is 14.5. The van der Waals surface area contributed by atoms with Gasteiger partial charge in [-0.3, -0.25) is 4.98 Å². The van der Waals surface area contributed by atoms with Crippen LogP contribution in [0.25, 0.3) is 5.57 Å². The van der Waals surface area contributed by atoms with Crippen molar-refractivity contribution in [3.05, 3.63) is 58.2 Å². The molecule has 1 saturated carbocycles. The highest BCUT2D eigenvalue weighted by molar-refractivity contribution is 7.90. The number of rotatable bonds is 6. The number of pyridine rings is 1. The van der Waals surface area contributed by atoms with Crippen LogP contribution in [0, 0.1) is 5.82 Å². The third kappa shape index (κ3) is 4.13. The van der Waals surface area contributed by atoms with E-state index in [2.05, 4.69) is 15.0 Å². The largest absolute Gasteiger partial charge is 0.259 e. The van der Waals surface area contributed by atoms with Crippen LogP contribution < -0.4 is 0 Å². The summed E-state index contributed by atoms with van der Waals surface area (Å²) in [5.74, 6) is -0.00971. The maximum absolute atomic E-state index is 14.5. The molecule has 1 aliphatic heterocycles. The molecule has 2 fully saturated rings. The van der Waals surface area contributed by atoms with E-state index in [-0.39, 0.29) is 11.3 Å². The average Bonchev–Trinajstić information content (AvgIpc) is 3.55. The van der Waals surface area contributed by atoms with Gasteiger partial charge in [0.15, 0.2) is 11.6 Å². The predicted molar refractivity (Wildman–Crippen MR) is 117 cm³/mol. The number of halogens is 2. The first-order valence-electron chi connectivity index (χ1n) is 10.8. The molecule has 3 heterocycles. The second-order valence-electron chi connectivity index (χ2n) is 8.50. The van der Waals surface area contributed by atoms with Crippen LogP contribution >= 0.6 is 11.6 Å². The molecule has 0 amide bonds. The highest BCUT2D eigenvalue weighted by atomic mass is 35.5. The molecule has 5 rings (SSSR count). The number of allylic oxidation sites excluding steroid dienone is 1. The Morgan fingerprint density at radius 3 is 2.81 bits per heavy atom. The second-order valence-corrected chi connectivity index (χ2v) is 11.1. The summed E-state index contributed by atoms with van der Waals surface area (Å²) in [4.78, 5) is 13.1. The van der Waals surface area contributed by atoms with Crippen LogP contribution in [0.4, 0.5) is 4.39 Å². The van der Waals surface area contributed by atoms with E-state index in [0.29, 0.717) is 42.3 Å². The van der Waals surface area contributed by atoms with Crippen LogP contribution in [0.2, 0.25) is 5.02 Å². The molecule has 0 spiro atoms. The smallest absolute Gasteiger partial charge is 0.217 e. The molecule has 3 aliphatic rings. The highest BCUT2D eigenvalue weighted by Crippen LogP contribution is 2.36. The Kier molecular flexibility index (Phi) is 5.56. The minimum atomic E-state index is -3.23. The monoisotopic (exact) mass is 462 g/mol. The molecule has 31 heavy (non-hydrogen) atoms. The fourth-order valence-electron chi connectivity index (χ4n) is 4.55. The molecule has 0 unspecified atom stereocenters. The van der Waals surface area contributed by atoms with Crippen molar-refractivity contribution in [2.45, 2.75) is 62.7 Å². The van der Waals surface area contributed by atoms with Crippen molar-refractivity contribution in [3.63, 3.8) is 0 Å². The van der Waals surface area contributed by atoms with E-state index in [1.807, 2.05) is 12.1 Å². The van der Waals surface area contributed by atoms with Gasteiger partial charge in [0, 0.05) is 36.3 Å². The first-order valence-corrected chi connectivity index (χ1v) is 12.7. The van der Waals surface area contributed by atoms with E-state index in [4.69, 9.17) is 11.6 Å². The van der Waals surface area contributed by atoms with E-state index in [1.165, 1.54) is 6.20 Å². The molecule has 0 N–H and O–H groups in total. The summed E-state index contributed by atoms with van der Waals surface area (Å²) < 4.78 is 41.8. The quantitative estimate of drug-likeness (QED) is 0.650. The van der Waals surface area contributed by atoms with Crippen molar-refractivity contribution in [1.82, 2.24) is 19.3 Å². The molecule has 1 saturated heterocycles. The predicted octanol–water partition coefficient (Wildman–Crippen LogP) is 3.93. The van der Waals surface area contributed by atoms with Gasteiger partial charge in [-0.15, -0.1) is 0 Å². The number of hydrogen-bond acceptors (Lipinski definition) is 5. The van der Waals surface area contributed by atoms with Crippen LogP contribution in [-0.4, -0.2) is 45.5 Å². The molecule has 2 aromatic rings. The fourth-order valence-corrected chi connectivity index (χ4v) is 6.83. The zero-order valence-electron chi connectivity index (χ0n) is 17.1. The van der Waals surface area contributed by atoms with Gasteiger partial charge in [-0.05, 0) is 44.6 Å². The lowest BCUT2D eigenvalue weighted by Gasteiger charge is -2.34. The number of nitrogens with zero attached hydrogens (tertiary/aromatic N) is 4. The molecule has 9 heteroatoms. The minimum Gasteiger partial charge on any atom is -0.259 e. The third-order valence-corrected chi connectivity index (χ3v) is 9.00. The highest BCUT2D eigenvalue weighted by Gasteiger charge is 2.43. The topological polar surface area (TPSA) is 76.1 Å².